The number of nitrogens with one attached hydrogen (secondary N) is 2. The molecule has 3 rings (SSSR count). The first kappa shape index (κ1) is 25.4. The van der Waals surface area contributed by atoms with Crippen LogP contribution in [0, 0.1) is 0 Å². The van der Waals surface area contributed by atoms with Gasteiger partial charge in [0.1, 0.15) is 0 Å². The maximum atomic E-state index is 12.7. The van der Waals surface area contributed by atoms with Crippen LogP contribution in [-0.4, -0.2) is 73.5 Å². The molecule has 1 aliphatic rings. The van der Waals surface area contributed by atoms with Crippen LogP contribution in [0.15, 0.2) is 48.5 Å². The normalized spacial score (nSPS) is 15.4. The number of piperazine rings is 1. The Morgan fingerprint density at radius 2 is 1.68 bits per heavy atom. The van der Waals surface area contributed by atoms with Crippen molar-refractivity contribution < 1.29 is 19.1 Å². The first-order valence-corrected chi connectivity index (χ1v) is 11.7. The van der Waals surface area contributed by atoms with E-state index in [1.54, 1.807) is 24.3 Å². The monoisotopic (exact) mass is 466 g/mol. The molecule has 1 atom stereocenters. The van der Waals surface area contributed by atoms with Crippen LogP contribution >= 0.6 is 0 Å². The number of rotatable bonds is 9. The van der Waals surface area contributed by atoms with E-state index in [1.165, 1.54) is 7.11 Å². The van der Waals surface area contributed by atoms with Crippen LogP contribution in [0.3, 0.4) is 0 Å². The Labute approximate surface area is 201 Å². The molecule has 0 radical (unpaired) electrons. The number of carbonyl (C=O) groups is 3. The second-order valence-electron chi connectivity index (χ2n) is 8.45. The predicted molar refractivity (Wildman–Crippen MR) is 132 cm³/mol. The van der Waals surface area contributed by atoms with E-state index in [9.17, 15) is 14.4 Å². The van der Waals surface area contributed by atoms with E-state index in [-0.39, 0.29) is 23.8 Å². The molecule has 2 aromatic carbocycles. The van der Waals surface area contributed by atoms with E-state index in [4.69, 9.17) is 4.74 Å². The van der Waals surface area contributed by atoms with Gasteiger partial charge < -0.3 is 15.4 Å². The zero-order chi connectivity index (χ0) is 24.5. The summed E-state index contributed by atoms with van der Waals surface area (Å²) in [6.07, 6.45) is 0.869. The molecule has 0 saturated carbocycles. The van der Waals surface area contributed by atoms with Crippen molar-refractivity contribution in [2.45, 2.75) is 32.9 Å². The Morgan fingerprint density at radius 1 is 1.00 bits per heavy atom. The molecular formula is C26H34N4O4. The van der Waals surface area contributed by atoms with E-state index in [1.807, 2.05) is 31.2 Å². The third-order valence-electron chi connectivity index (χ3n) is 6.22. The lowest BCUT2D eigenvalue weighted by atomic mass is 10.1. The molecule has 8 nitrogen and oxygen atoms in total. The van der Waals surface area contributed by atoms with Gasteiger partial charge in [0.05, 0.1) is 25.3 Å². The minimum Gasteiger partial charge on any atom is -0.465 e. The summed E-state index contributed by atoms with van der Waals surface area (Å²) < 4.78 is 4.70. The molecule has 1 fully saturated rings. The smallest absolute Gasteiger partial charge is 0.337 e. The Balaban J connectivity index is 1.41. The molecular weight excluding hydrogens is 432 g/mol. The van der Waals surface area contributed by atoms with Gasteiger partial charge in [0, 0.05) is 38.4 Å². The number of amides is 2. The highest BCUT2D eigenvalue weighted by atomic mass is 16.5. The number of carbonyl (C=O) groups excluding carboxylic acids is 3. The summed E-state index contributed by atoms with van der Waals surface area (Å²) in [6.45, 7) is 7.62. The molecule has 2 aromatic rings. The van der Waals surface area contributed by atoms with Crippen molar-refractivity contribution >= 4 is 23.5 Å². The topological polar surface area (TPSA) is 91.0 Å². The van der Waals surface area contributed by atoms with E-state index < -0.39 is 0 Å². The van der Waals surface area contributed by atoms with Crippen molar-refractivity contribution in [3.63, 3.8) is 0 Å². The van der Waals surface area contributed by atoms with Gasteiger partial charge in [-0.2, -0.15) is 0 Å². The summed E-state index contributed by atoms with van der Waals surface area (Å²) in [6, 6.07) is 14.6. The minimum atomic E-state index is -0.383. The molecule has 0 bridgehead atoms. The average molecular weight is 467 g/mol. The van der Waals surface area contributed by atoms with Gasteiger partial charge in [0.2, 0.25) is 11.8 Å². The molecule has 182 valence electrons. The molecule has 1 saturated heterocycles. The summed E-state index contributed by atoms with van der Waals surface area (Å²) in [7, 11) is 1.35. The minimum absolute atomic E-state index is 0.0154. The lowest BCUT2D eigenvalue weighted by molar-refractivity contribution is -0.127. The number of hydrogen-bond donors (Lipinski definition) is 2. The van der Waals surface area contributed by atoms with Crippen LogP contribution in [0.25, 0.3) is 0 Å². The maximum Gasteiger partial charge on any atom is 0.337 e. The average Bonchev–Trinajstić information content (AvgIpc) is 2.87. The van der Waals surface area contributed by atoms with Gasteiger partial charge in [0.15, 0.2) is 0 Å². The Hall–Kier alpha value is -3.23. The fourth-order valence-electron chi connectivity index (χ4n) is 4.03. The van der Waals surface area contributed by atoms with Crippen LogP contribution in [-0.2, 0) is 27.3 Å². The van der Waals surface area contributed by atoms with Gasteiger partial charge in [-0.15, -0.1) is 0 Å². The van der Waals surface area contributed by atoms with E-state index in [0.717, 1.165) is 49.4 Å². The number of esters is 1. The Bertz CT molecular complexity index is 985. The number of anilines is 1. The third kappa shape index (κ3) is 6.88. The van der Waals surface area contributed by atoms with E-state index in [2.05, 4.69) is 27.4 Å². The second kappa shape index (κ2) is 12.3. The molecule has 1 aliphatic heterocycles. The highest BCUT2D eigenvalue weighted by Crippen LogP contribution is 2.15. The maximum absolute atomic E-state index is 12.7. The fourth-order valence-corrected chi connectivity index (χ4v) is 4.03. The molecule has 2 N–H and O–H groups in total. The van der Waals surface area contributed by atoms with Crippen molar-refractivity contribution in [2.75, 3.05) is 45.2 Å². The Kier molecular flexibility index (Phi) is 9.18. The number of nitrogens with zero attached hydrogens (tertiary/aromatic N) is 2. The lowest BCUT2D eigenvalue weighted by Gasteiger charge is -2.37. The van der Waals surface area contributed by atoms with Gasteiger partial charge in [-0.05, 0) is 42.7 Å². The largest absolute Gasteiger partial charge is 0.465 e. The van der Waals surface area contributed by atoms with Crippen molar-refractivity contribution in [1.82, 2.24) is 15.1 Å². The number of para-hydroxylation sites is 1. The summed E-state index contributed by atoms with van der Waals surface area (Å²) in [5.41, 5.74) is 3.39. The van der Waals surface area contributed by atoms with Crippen LogP contribution in [0.1, 0.15) is 35.3 Å². The number of benzene rings is 2. The van der Waals surface area contributed by atoms with Crippen molar-refractivity contribution in [1.29, 1.82) is 0 Å². The summed E-state index contributed by atoms with van der Waals surface area (Å²) in [4.78, 5) is 40.9. The first-order valence-electron chi connectivity index (χ1n) is 11.7. The Morgan fingerprint density at radius 3 is 2.32 bits per heavy atom. The quantitative estimate of drug-likeness (QED) is 0.551. The lowest BCUT2D eigenvalue weighted by Crippen LogP contribution is -2.54. The van der Waals surface area contributed by atoms with Gasteiger partial charge in [-0.25, -0.2) is 4.79 Å². The highest BCUT2D eigenvalue weighted by Gasteiger charge is 2.26. The number of ether oxygens (including phenoxy) is 1. The summed E-state index contributed by atoms with van der Waals surface area (Å²) in [5, 5.41) is 5.99. The SMILES string of the molecule is CCc1ccccc1NC(=O)CN1CCN(C(C)C(=O)NCc2ccc(C(=O)OC)cc2)CC1. The zero-order valence-corrected chi connectivity index (χ0v) is 20.2. The molecule has 2 amide bonds. The van der Waals surface area contributed by atoms with Crippen LogP contribution in [0.4, 0.5) is 5.69 Å². The number of aryl methyl sites for hydroxylation is 1. The van der Waals surface area contributed by atoms with Crippen LogP contribution in [0.2, 0.25) is 0 Å². The van der Waals surface area contributed by atoms with Crippen molar-refractivity contribution in [3.05, 3.63) is 65.2 Å². The van der Waals surface area contributed by atoms with Crippen LogP contribution < -0.4 is 10.6 Å². The molecule has 8 heteroatoms. The molecule has 1 unspecified atom stereocenters. The van der Waals surface area contributed by atoms with Gasteiger partial charge in [-0.1, -0.05) is 37.3 Å². The second-order valence-corrected chi connectivity index (χ2v) is 8.45. The predicted octanol–water partition coefficient (Wildman–Crippen LogP) is 2.30. The highest BCUT2D eigenvalue weighted by molar-refractivity contribution is 5.93. The fraction of sp³-hybridized carbons (Fsp3) is 0.423. The molecule has 34 heavy (non-hydrogen) atoms. The standard InChI is InChI=1S/C26H34N4O4/c1-4-21-7-5-6-8-23(21)28-24(31)18-29-13-15-30(16-14-29)19(2)25(32)27-17-20-9-11-22(12-10-20)26(33)34-3/h5-12,19H,4,13-18H2,1-3H3,(H,27,32)(H,28,31). The van der Waals surface area contributed by atoms with Crippen LogP contribution in [0.5, 0.6) is 0 Å². The van der Waals surface area contributed by atoms with Gasteiger partial charge in [-0.3, -0.25) is 19.4 Å². The van der Waals surface area contributed by atoms with Crippen molar-refractivity contribution in [3.8, 4) is 0 Å². The molecule has 0 aliphatic carbocycles. The zero-order valence-electron chi connectivity index (χ0n) is 20.2. The first-order chi connectivity index (χ1) is 16.4. The van der Waals surface area contributed by atoms with Crippen molar-refractivity contribution in [2.24, 2.45) is 0 Å². The number of methoxy groups -OCH3 is 1. The summed E-state index contributed by atoms with van der Waals surface area (Å²) in [5.74, 6) is -0.440. The summed E-state index contributed by atoms with van der Waals surface area (Å²) >= 11 is 0. The van der Waals surface area contributed by atoms with Gasteiger partial charge in [0.25, 0.3) is 0 Å². The number of hydrogen-bond acceptors (Lipinski definition) is 6. The third-order valence-corrected chi connectivity index (χ3v) is 6.22. The molecule has 0 aromatic heterocycles. The van der Waals surface area contributed by atoms with Gasteiger partial charge >= 0.3 is 5.97 Å². The van der Waals surface area contributed by atoms with E-state index >= 15 is 0 Å². The molecule has 1 heterocycles. The molecule has 0 spiro atoms. The van der Waals surface area contributed by atoms with E-state index in [0.29, 0.717) is 18.7 Å².